The lowest BCUT2D eigenvalue weighted by Gasteiger charge is -2.39. The Morgan fingerprint density at radius 3 is 2.41 bits per heavy atom. The van der Waals surface area contributed by atoms with Crippen LogP contribution in [0.15, 0.2) is 54.6 Å². The number of carbonyl (C=O) groups excluding carboxylic acids is 3. The van der Waals surface area contributed by atoms with Crippen molar-refractivity contribution in [1.29, 1.82) is 0 Å². The smallest absolute Gasteiger partial charge is 0.318 e. The molecule has 0 aliphatic carbocycles. The van der Waals surface area contributed by atoms with Gasteiger partial charge in [0.2, 0.25) is 11.8 Å². The van der Waals surface area contributed by atoms with Gasteiger partial charge in [0, 0.05) is 50.5 Å². The largest absolute Gasteiger partial charge is 0.341 e. The van der Waals surface area contributed by atoms with Gasteiger partial charge in [-0.1, -0.05) is 48.5 Å². The van der Waals surface area contributed by atoms with E-state index in [0.29, 0.717) is 39.0 Å². The van der Waals surface area contributed by atoms with E-state index in [1.165, 1.54) is 0 Å². The van der Waals surface area contributed by atoms with Gasteiger partial charge in [-0.2, -0.15) is 0 Å². The van der Waals surface area contributed by atoms with Crippen molar-refractivity contribution in [3.63, 3.8) is 0 Å². The maximum Gasteiger partial charge on any atom is 0.318 e. The van der Waals surface area contributed by atoms with E-state index < -0.39 is 11.5 Å². The average Bonchev–Trinajstić information content (AvgIpc) is 3.16. The van der Waals surface area contributed by atoms with Gasteiger partial charge in [0.25, 0.3) is 0 Å². The van der Waals surface area contributed by atoms with Gasteiger partial charge in [-0.3, -0.25) is 9.59 Å². The Morgan fingerprint density at radius 1 is 1.00 bits per heavy atom. The van der Waals surface area contributed by atoms with Crippen LogP contribution in [0.25, 0.3) is 0 Å². The fourth-order valence-corrected chi connectivity index (χ4v) is 6.24. The first kappa shape index (κ1) is 27.2. The molecule has 39 heavy (non-hydrogen) atoms. The minimum absolute atomic E-state index is 0.0330. The average molecular weight is 532 g/mol. The number of rotatable bonds is 6. The maximum atomic E-state index is 13.8. The lowest BCUT2D eigenvalue weighted by molar-refractivity contribution is -0.134. The van der Waals surface area contributed by atoms with Gasteiger partial charge in [-0.05, 0) is 63.6 Å². The van der Waals surface area contributed by atoms with Crippen LogP contribution in [0.4, 0.5) is 10.5 Å². The fraction of sp³-hybridized carbons (Fsp3) is 0.516. The summed E-state index contributed by atoms with van der Waals surface area (Å²) < 4.78 is 0. The van der Waals surface area contributed by atoms with Gasteiger partial charge in [-0.25, -0.2) is 4.79 Å². The Labute approximate surface area is 231 Å². The molecule has 2 fully saturated rings. The molecule has 8 heteroatoms. The molecule has 5 rings (SSSR count). The number of urea groups is 1. The molecule has 0 spiro atoms. The van der Waals surface area contributed by atoms with E-state index in [1.807, 2.05) is 66.1 Å². The number of nitrogens with zero attached hydrogens (tertiary/aromatic N) is 3. The van der Waals surface area contributed by atoms with Crippen LogP contribution in [0.3, 0.4) is 0 Å². The number of piperidine rings is 1. The number of piperazine rings is 1. The molecule has 3 heterocycles. The third-order valence-corrected chi connectivity index (χ3v) is 8.55. The quantitative estimate of drug-likeness (QED) is 0.599. The molecule has 0 aromatic heterocycles. The van der Waals surface area contributed by atoms with E-state index in [9.17, 15) is 14.4 Å². The van der Waals surface area contributed by atoms with Crippen molar-refractivity contribution in [2.24, 2.45) is 0 Å². The van der Waals surface area contributed by atoms with Crippen LogP contribution in [0, 0.1) is 0 Å². The van der Waals surface area contributed by atoms with E-state index in [1.54, 1.807) is 4.90 Å². The summed E-state index contributed by atoms with van der Waals surface area (Å²) in [6, 6.07) is 17.7. The van der Waals surface area contributed by atoms with Gasteiger partial charge >= 0.3 is 6.03 Å². The first-order valence-corrected chi connectivity index (χ1v) is 14.3. The molecule has 4 amide bonds. The Kier molecular flexibility index (Phi) is 7.93. The van der Waals surface area contributed by atoms with E-state index in [4.69, 9.17) is 0 Å². The van der Waals surface area contributed by atoms with Crippen molar-refractivity contribution < 1.29 is 14.4 Å². The standard InChI is InChI=1S/C31H41N5O3/c1-22-21-35(20-17-32-22)30(39)33-26(14-13-23-9-5-4-6-10-23)28(37)34-18-15-24(16-19-34)36-27-12-8-7-11-25(27)31(2,3)29(36)38/h4-12,22,24,26,32H,13-21H2,1-3H3,(H,33,39). The predicted octanol–water partition coefficient (Wildman–Crippen LogP) is 3.31. The summed E-state index contributed by atoms with van der Waals surface area (Å²) in [4.78, 5) is 46.0. The molecular weight excluding hydrogens is 490 g/mol. The third-order valence-electron chi connectivity index (χ3n) is 8.55. The number of amides is 4. The van der Waals surface area contributed by atoms with Crippen LogP contribution in [0.2, 0.25) is 0 Å². The number of hydrogen-bond acceptors (Lipinski definition) is 4. The summed E-state index contributed by atoms with van der Waals surface area (Å²) in [6.07, 6.45) is 2.69. The molecule has 2 unspecified atom stereocenters. The Morgan fingerprint density at radius 2 is 1.69 bits per heavy atom. The second kappa shape index (κ2) is 11.4. The molecule has 0 saturated carbocycles. The van der Waals surface area contributed by atoms with Crippen molar-refractivity contribution in [1.82, 2.24) is 20.4 Å². The molecule has 3 aliphatic heterocycles. The second-order valence-electron chi connectivity index (χ2n) is 11.7. The number of benzene rings is 2. The summed E-state index contributed by atoms with van der Waals surface area (Å²) in [5.41, 5.74) is 2.67. The Balaban J connectivity index is 1.25. The van der Waals surface area contributed by atoms with Gasteiger partial charge in [0.1, 0.15) is 6.04 Å². The van der Waals surface area contributed by atoms with Gasteiger partial charge < -0.3 is 25.3 Å². The highest BCUT2D eigenvalue weighted by atomic mass is 16.2. The molecule has 8 nitrogen and oxygen atoms in total. The predicted molar refractivity (Wildman–Crippen MR) is 153 cm³/mol. The summed E-state index contributed by atoms with van der Waals surface area (Å²) >= 11 is 0. The molecular formula is C31H41N5O3. The minimum atomic E-state index is -0.590. The molecule has 2 saturated heterocycles. The highest BCUT2D eigenvalue weighted by Crippen LogP contribution is 2.43. The first-order valence-electron chi connectivity index (χ1n) is 14.3. The minimum Gasteiger partial charge on any atom is -0.341 e. The van der Waals surface area contributed by atoms with Crippen LogP contribution in [0.1, 0.15) is 51.2 Å². The summed E-state index contributed by atoms with van der Waals surface area (Å²) in [5, 5.41) is 6.43. The monoisotopic (exact) mass is 531 g/mol. The molecule has 208 valence electrons. The molecule has 2 aromatic carbocycles. The zero-order valence-corrected chi connectivity index (χ0v) is 23.4. The molecule has 0 radical (unpaired) electrons. The van der Waals surface area contributed by atoms with Gasteiger partial charge in [-0.15, -0.1) is 0 Å². The van der Waals surface area contributed by atoms with Crippen molar-refractivity contribution in [3.05, 3.63) is 65.7 Å². The maximum absolute atomic E-state index is 13.8. The van der Waals surface area contributed by atoms with Crippen molar-refractivity contribution in [2.45, 2.75) is 70.0 Å². The number of carbonyl (C=O) groups is 3. The van der Waals surface area contributed by atoms with Crippen LogP contribution in [0.5, 0.6) is 0 Å². The van der Waals surface area contributed by atoms with Crippen LogP contribution < -0.4 is 15.5 Å². The summed E-state index contributed by atoms with van der Waals surface area (Å²) in [6.45, 7) is 9.18. The lowest BCUT2D eigenvalue weighted by Crippen LogP contribution is -2.58. The summed E-state index contributed by atoms with van der Waals surface area (Å²) in [7, 11) is 0. The number of fused-ring (bicyclic) bond motifs is 1. The highest BCUT2D eigenvalue weighted by molar-refractivity contribution is 6.08. The van der Waals surface area contributed by atoms with E-state index in [0.717, 1.165) is 36.2 Å². The van der Waals surface area contributed by atoms with E-state index >= 15 is 0 Å². The van der Waals surface area contributed by atoms with Crippen LogP contribution in [-0.4, -0.2) is 78.5 Å². The van der Waals surface area contributed by atoms with Crippen LogP contribution in [-0.2, 0) is 21.4 Å². The normalized spacial score (nSPS) is 22.0. The zero-order chi connectivity index (χ0) is 27.6. The number of nitrogens with one attached hydrogen (secondary N) is 2. The van der Waals surface area contributed by atoms with Crippen molar-refractivity contribution in [2.75, 3.05) is 37.6 Å². The molecule has 2 N–H and O–H groups in total. The highest BCUT2D eigenvalue weighted by Gasteiger charge is 2.47. The van der Waals surface area contributed by atoms with Crippen molar-refractivity contribution >= 4 is 23.5 Å². The Hall–Kier alpha value is -3.39. The number of aryl methyl sites for hydroxylation is 1. The SMILES string of the molecule is CC1CN(C(=O)NC(CCc2ccccc2)C(=O)N2CCC(N3C(=O)C(C)(C)c4ccccc43)CC2)CCN1. The second-order valence-corrected chi connectivity index (χ2v) is 11.7. The molecule has 3 aliphatic rings. The number of anilines is 1. The number of likely N-dealkylation sites (tertiary alicyclic amines) is 1. The topological polar surface area (TPSA) is 85.0 Å². The third kappa shape index (κ3) is 5.66. The first-order chi connectivity index (χ1) is 18.8. The van der Waals surface area contributed by atoms with E-state index in [2.05, 4.69) is 29.7 Å². The Bertz CT molecular complexity index is 1190. The van der Waals surface area contributed by atoms with Gasteiger partial charge in [0.15, 0.2) is 0 Å². The molecule has 2 aromatic rings. The number of para-hydroxylation sites is 1. The molecule has 0 bridgehead atoms. The van der Waals surface area contributed by atoms with Crippen molar-refractivity contribution in [3.8, 4) is 0 Å². The lowest BCUT2D eigenvalue weighted by atomic mass is 9.86. The number of hydrogen-bond donors (Lipinski definition) is 2. The molecule has 2 atom stereocenters. The van der Waals surface area contributed by atoms with E-state index in [-0.39, 0.29) is 29.9 Å². The summed E-state index contributed by atoms with van der Waals surface area (Å²) in [5.74, 6) is 0.0983. The van der Waals surface area contributed by atoms with Gasteiger partial charge in [0.05, 0.1) is 5.41 Å². The fourth-order valence-electron chi connectivity index (χ4n) is 6.24. The zero-order valence-electron chi connectivity index (χ0n) is 23.4. The van der Waals surface area contributed by atoms with Crippen LogP contribution >= 0.6 is 0 Å².